The Morgan fingerprint density at radius 1 is 1.11 bits per heavy atom. The van der Waals surface area contributed by atoms with Gasteiger partial charge in [0.2, 0.25) is 0 Å². The highest BCUT2D eigenvalue weighted by molar-refractivity contribution is 9.10. The summed E-state index contributed by atoms with van der Waals surface area (Å²) in [4.78, 5) is 3.91. The summed E-state index contributed by atoms with van der Waals surface area (Å²) < 4.78 is 39.1. The van der Waals surface area contributed by atoms with Crippen molar-refractivity contribution in [1.82, 2.24) is 4.98 Å². The lowest BCUT2D eigenvalue weighted by Gasteiger charge is -2.13. The fourth-order valence-electron chi connectivity index (χ4n) is 1.63. The van der Waals surface area contributed by atoms with Crippen LogP contribution in [0.3, 0.4) is 0 Å². The Bertz CT molecular complexity index is 582. The van der Waals surface area contributed by atoms with Gasteiger partial charge in [0, 0.05) is 17.4 Å². The Kier molecular flexibility index (Phi) is 3.30. The normalized spacial score (nSPS) is 11.6. The van der Waals surface area contributed by atoms with Crippen LogP contribution in [0.25, 0.3) is 11.1 Å². The number of halogens is 4. The Morgan fingerprint density at radius 2 is 1.78 bits per heavy atom. The molecule has 1 aromatic heterocycles. The molecule has 0 saturated carbocycles. The number of alkyl halides is 3. The van der Waals surface area contributed by atoms with Gasteiger partial charge >= 0.3 is 6.18 Å². The zero-order valence-electron chi connectivity index (χ0n) is 9.00. The van der Waals surface area contributed by atoms with Crippen molar-refractivity contribution in [1.29, 1.82) is 0 Å². The van der Waals surface area contributed by atoms with Crippen LogP contribution >= 0.6 is 15.9 Å². The Labute approximate surface area is 110 Å². The maximum Gasteiger partial charge on any atom is 0.417 e. The lowest BCUT2D eigenvalue weighted by molar-refractivity contribution is -0.137. The third-order valence-electron chi connectivity index (χ3n) is 2.43. The number of hydrogen-bond acceptors (Lipinski definition) is 2. The van der Waals surface area contributed by atoms with E-state index in [-0.39, 0.29) is 16.8 Å². The van der Waals surface area contributed by atoms with Gasteiger partial charge in [0.1, 0.15) is 4.60 Å². The van der Waals surface area contributed by atoms with Gasteiger partial charge < -0.3 is 5.73 Å². The first-order chi connectivity index (χ1) is 8.39. The molecule has 0 spiro atoms. The third kappa shape index (κ3) is 2.48. The van der Waals surface area contributed by atoms with E-state index in [0.717, 1.165) is 6.07 Å². The summed E-state index contributed by atoms with van der Waals surface area (Å²) in [6.45, 7) is 0. The Morgan fingerprint density at radius 3 is 2.39 bits per heavy atom. The molecular formula is C12H8BrF3N2. The van der Waals surface area contributed by atoms with Crippen molar-refractivity contribution in [2.75, 3.05) is 5.73 Å². The smallest absolute Gasteiger partial charge is 0.398 e. The number of rotatable bonds is 1. The maximum absolute atomic E-state index is 12.9. The number of nitrogens with zero attached hydrogens (tertiary/aromatic N) is 1. The van der Waals surface area contributed by atoms with E-state index in [4.69, 9.17) is 5.73 Å². The fourth-order valence-corrected chi connectivity index (χ4v) is 1.98. The quantitative estimate of drug-likeness (QED) is 0.804. The molecule has 2 rings (SSSR count). The molecule has 18 heavy (non-hydrogen) atoms. The summed E-state index contributed by atoms with van der Waals surface area (Å²) in [5, 5.41) is 0. The van der Waals surface area contributed by atoms with Crippen molar-refractivity contribution in [2.24, 2.45) is 0 Å². The van der Waals surface area contributed by atoms with E-state index in [2.05, 4.69) is 20.9 Å². The van der Waals surface area contributed by atoms with Crippen LogP contribution in [-0.4, -0.2) is 4.98 Å². The first-order valence-electron chi connectivity index (χ1n) is 4.97. The zero-order valence-corrected chi connectivity index (χ0v) is 10.6. The number of nitrogen functional groups attached to an aromatic ring is 1. The Balaban J connectivity index is 2.64. The van der Waals surface area contributed by atoms with E-state index in [9.17, 15) is 13.2 Å². The summed E-state index contributed by atoms with van der Waals surface area (Å²) in [6, 6.07) is 6.75. The van der Waals surface area contributed by atoms with Crippen molar-refractivity contribution in [2.45, 2.75) is 6.18 Å². The van der Waals surface area contributed by atoms with Crippen LogP contribution in [0.15, 0.2) is 41.1 Å². The highest BCUT2D eigenvalue weighted by Gasteiger charge is 2.33. The van der Waals surface area contributed by atoms with Gasteiger partial charge in [-0.1, -0.05) is 18.2 Å². The SMILES string of the molecule is Nc1cc(Br)ncc1-c1ccccc1C(F)(F)F. The van der Waals surface area contributed by atoms with E-state index in [1.807, 2.05) is 0 Å². The molecule has 1 heterocycles. The van der Waals surface area contributed by atoms with Crippen LogP contribution in [0, 0.1) is 0 Å². The van der Waals surface area contributed by atoms with Gasteiger partial charge in [-0.25, -0.2) is 4.98 Å². The van der Waals surface area contributed by atoms with Crippen molar-refractivity contribution in [3.05, 3.63) is 46.7 Å². The summed E-state index contributed by atoms with van der Waals surface area (Å²) in [5.41, 5.74) is 5.55. The first-order valence-corrected chi connectivity index (χ1v) is 5.76. The van der Waals surface area contributed by atoms with Crippen LogP contribution in [0.5, 0.6) is 0 Å². The predicted octanol–water partition coefficient (Wildman–Crippen LogP) is 4.11. The summed E-state index contributed by atoms with van der Waals surface area (Å²) in [7, 11) is 0. The minimum Gasteiger partial charge on any atom is -0.398 e. The molecule has 2 nitrogen and oxygen atoms in total. The number of aromatic nitrogens is 1. The molecule has 0 amide bonds. The minimum atomic E-state index is -4.42. The molecule has 0 aliphatic carbocycles. The lowest BCUT2D eigenvalue weighted by Crippen LogP contribution is -2.07. The average Bonchev–Trinajstić information content (AvgIpc) is 2.28. The van der Waals surface area contributed by atoms with E-state index >= 15 is 0 Å². The predicted molar refractivity (Wildman–Crippen MR) is 66.8 cm³/mol. The first kappa shape index (κ1) is 12.9. The van der Waals surface area contributed by atoms with Crippen LogP contribution in [0.1, 0.15) is 5.56 Å². The molecule has 0 fully saturated rings. The molecule has 0 unspecified atom stereocenters. The Hall–Kier alpha value is -1.56. The monoisotopic (exact) mass is 316 g/mol. The topological polar surface area (TPSA) is 38.9 Å². The molecule has 0 aliphatic rings. The van der Waals surface area contributed by atoms with Gasteiger partial charge in [-0.15, -0.1) is 0 Å². The van der Waals surface area contributed by atoms with Gasteiger partial charge in [-0.3, -0.25) is 0 Å². The highest BCUT2D eigenvalue weighted by atomic mass is 79.9. The zero-order chi connectivity index (χ0) is 13.3. The average molecular weight is 317 g/mol. The lowest BCUT2D eigenvalue weighted by atomic mass is 10.00. The number of nitrogens with two attached hydrogens (primary N) is 1. The third-order valence-corrected chi connectivity index (χ3v) is 2.86. The van der Waals surface area contributed by atoms with Crippen molar-refractivity contribution in [3.63, 3.8) is 0 Å². The van der Waals surface area contributed by atoms with Gasteiger partial charge in [0.05, 0.1) is 5.56 Å². The van der Waals surface area contributed by atoms with E-state index in [0.29, 0.717) is 4.60 Å². The van der Waals surface area contributed by atoms with Gasteiger partial charge in [0.15, 0.2) is 0 Å². The van der Waals surface area contributed by atoms with E-state index in [1.54, 1.807) is 0 Å². The van der Waals surface area contributed by atoms with Gasteiger partial charge in [-0.05, 0) is 33.6 Å². The number of benzene rings is 1. The number of hydrogen-bond donors (Lipinski definition) is 1. The van der Waals surface area contributed by atoms with Crippen molar-refractivity contribution < 1.29 is 13.2 Å². The second-order valence-corrected chi connectivity index (χ2v) is 4.45. The summed E-state index contributed by atoms with van der Waals surface area (Å²) in [5.74, 6) is 0. The van der Waals surface area contributed by atoms with Crippen molar-refractivity contribution in [3.8, 4) is 11.1 Å². The molecule has 94 valence electrons. The molecule has 0 aliphatic heterocycles. The van der Waals surface area contributed by atoms with E-state index < -0.39 is 11.7 Å². The molecule has 2 N–H and O–H groups in total. The largest absolute Gasteiger partial charge is 0.417 e. The van der Waals surface area contributed by atoms with Crippen LogP contribution in [-0.2, 0) is 6.18 Å². The fraction of sp³-hybridized carbons (Fsp3) is 0.0833. The summed E-state index contributed by atoms with van der Waals surface area (Å²) in [6.07, 6.45) is -3.10. The molecule has 1 aromatic carbocycles. The molecule has 0 atom stereocenters. The molecule has 2 aromatic rings. The van der Waals surface area contributed by atoms with Gasteiger partial charge in [-0.2, -0.15) is 13.2 Å². The standard InChI is InChI=1S/C12H8BrF3N2/c13-11-5-10(17)8(6-18-11)7-3-1-2-4-9(7)12(14,15)16/h1-6H,(H2,17,18). The number of anilines is 1. The van der Waals surface area contributed by atoms with Crippen LogP contribution < -0.4 is 5.73 Å². The van der Waals surface area contributed by atoms with Crippen LogP contribution in [0.4, 0.5) is 18.9 Å². The summed E-state index contributed by atoms with van der Waals surface area (Å²) >= 11 is 3.11. The number of pyridine rings is 1. The second kappa shape index (κ2) is 4.61. The maximum atomic E-state index is 12.9. The van der Waals surface area contributed by atoms with Crippen LogP contribution in [0.2, 0.25) is 0 Å². The molecular weight excluding hydrogens is 309 g/mol. The van der Waals surface area contributed by atoms with E-state index in [1.165, 1.54) is 30.5 Å². The molecule has 0 radical (unpaired) electrons. The van der Waals surface area contributed by atoms with Crippen molar-refractivity contribution >= 4 is 21.6 Å². The molecule has 0 bridgehead atoms. The second-order valence-electron chi connectivity index (χ2n) is 3.64. The molecule has 0 saturated heterocycles. The highest BCUT2D eigenvalue weighted by Crippen LogP contribution is 2.38. The molecule has 6 heteroatoms. The minimum absolute atomic E-state index is 0.0301. The van der Waals surface area contributed by atoms with Gasteiger partial charge in [0.25, 0.3) is 0 Å².